The summed E-state index contributed by atoms with van der Waals surface area (Å²) in [6, 6.07) is 18.3. The summed E-state index contributed by atoms with van der Waals surface area (Å²) < 4.78 is 26.6. The maximum absolute atomic E-state index is 13.6. The number of pyridine rings is 1. The second kappa shape index (κ2) is 8.52. The van der Waals surface area contributed by atoms with E-state index in [0.717, 1.165) is 41.9 Å². The maximum atomic E-state index is 13.6. The number of benzene rings is 2. The number of carbonyl (C=O) groups excluding carboxylic acids is 1. The van der Waals surface area contributed by atoms with E-state index < -0.39 is 0 Å². The van der Waals surface area contributed by atoms with Crippen molar-refractivity contribution < 1.29 is 13.6 Å². The summed E-state index contributed by atoms with van der Waals surface area (Å²) in [7, 11) is 0. The molecule has 0 spiro atoms. The number of hydrogen-bond acceptors (Lipinski definition) is 2. The highest BCUT2D eigenvalue weighted by Crippen LogP contribution is 2.28. The second-order valence-electron chi connectivity index (χ2n) is 7.44. The van der Waals surface area contributed by atoms with Crippen LogP contribution < -0.4 is 0 Å². The van der Waals surface area contributed by atoms with Gasteiger partial charge in [0.05, 0.1) is 12.1 Å². The molecule has 1 amide bonds. The number of hydrogen-bond donors (Lipinski definition) is 0. The number of nitrogens with zero attached hydrogens (tertiary/aromatic N) is 2. The number of carbonyl (C=O) groups is 1. The molecule has 1 aliphatic heterocycles. The number of aromatic nitrogens is 1. The Balaban J connectivity index is 1.47. The van der Waals surface area contributed by atoms with Gasteiger partial charge < -0.3 is 4.90 Å². The molecule has 0 bridgehead atoms. The molecule has 29 heavy (non-hydrogen) atoms. The van der Waals surface area contributed by atoms with Crippen LogP contribution in [0.3, 0.4) is 0 Å². The van der Waals surface area contributed by atoms with Gasteiger partial charge in [-0.2, -0.15) is 0 Å². The fourth-order valence-corrected chi connectivity index (χ4v) is 3.82. The van der Waals surface area contributed by atoms with E-state index in [0.29, 0.717) is 6.54 Å². The summed E-state index contributed by atoms with van der Waals surface area (Å²) in [5.41, 5.74) is 3.21. The summed E-state index contributed by atoms with van der Waals surface area (Å²) in [5.74, 6) is -0.398. The van der Waals surface area contributed by atoms with Crippen molar-refractivity contribution in [3.05, 3.63) is 89.6 Å². The van der Waals surface area contributed by atoms with Gasteiger partial charge in [0.2, 0.25) is 5.91 Å². The molecule has 0 saturated carbocycles. The highest BCUT2D eigenvalue weighted by atomic mass is 19.1. The third-order valence-corrected chi connectivity index (χ3v) is 5.35. The third kappa shape index (κ3) is 4.67. The van der Waals surface area contributed by atoms with E-state index in [-0.39, 0.29) is 29.9 Å². The summed E-state index contributed by atoms with van der Waals surface area (Å²) >= 11 is 0. The molecule has 3 aromatic rings. The van der Waals surface area contributed by atoms with Crippen LogP contribution >= 0.6 is 0 Å². The van der Waals surface area contributed by atoms with Gasteiger partial charge in [-0.05, 0) is 54.8 Å². The first kappa shape index (κ1) is 19.2. The van der Waals surface area contributed by atoms with Crippen LogP contribution in [0.15, 0.2) is 66.7 Å². The zero-order valence-electron chi connectivity index (χ0n) is 16.0. The third-order valence-electron chi connectivity index (χ3n) is 5.35. The molecular formula is C24H22F2N2O. The lowest BCUT2D eigenvalue weighted by molar-refractivity contribution is -0.131. The van der Waals surface area contributed by atoms with E-state index in [4.69, 9.17) is 4.98 Å². The van der Waals surface area contributed by atoms with E-state index >= 15 is 0 Å². The monoisotopic (exact) mass is 392 g/mol. The molecule has 2 aromatic carbocycles. The van der Waals surface area contributed by atoms with Gasteiger partial charge in [-0.25, -0.2) is 8.78 Å². The fraction of sp³-hybridized carbons (Fsp3) is 0.250. The predicted molar refractivity (Wildman–Crippen MR) is 108 cm³/mol. The van der Waals surface area contributed by atoms with E-state index in [9.17, 15) is 13.6 Å². The number of likely N-dealkylation sites (tertiary alicyclic amines) is 1. The minimum atomic E-state index is -0.302. The Morgan fingerprint density at radius 3 is 2.59 bits per heavy atom. The van der Waals surface area contributed by atoms with E-state index in [1.54, 1.807) is 18.2 Å². The van der Waals surface area contributed by atoms with Gasteiger partial charge >= 0.3 is 0 Å². The zero-order valence-corrected chi connectivity index (χ0v) is 16.0. The normalized spacial score (nSPS) is 16.6. The lowest BCUT2D eigenvalue weighted by Gasteiger charge is -2.32. The number of amides is 1. The summed E-state index contributed by atoms with van der Waals surface area (Å²) in [6.45, 7) is 1.33. The highest BCUT2D eigenvalue weighted by molar-refractivity contribution is 5.79. The summed E-state index contributed by atoms with van der Waals surface area (Å²) in [5, 5.41) is 0. The van der Waals surface area contributed by atoms with Gasteiger partial charge in [-0.1, -0.05) is 30.3 Å². The maximum Gasteiger partial charge on any atom is 0.227 e. The predicted octanol–water partition coefficient (Wildman–Crippen LogP) is 4.98. The smallest absolute Gasteiger partial charge is 0.227 e. The zero-order chi connectivity index (χ0) is 20.2. The van der Waals surface area contributed by atoms with Crippen molar-refractivity contribution in [1.29, 1.82) is 0 Å². The first-order valence-corrected chi connectivity index (χ1v) is 9.83. The molecule has 1 saturated heterocycles. The van der Waals surface area contributed by atoms with Crippen LogP contribution in [0.1, 0.15) is 30.0 Å². The Hall–Kier alpha value is -3.08. The molecule has 148 valence electrons. The van der Waals surface area contributed by atoms with Gasteiger partial charge in [-0.15, -0.1) is 0 Å². The topological polar surface area (TPSA) is 33.2 Å². The molecule has 1 aromatic heterocycles. The van der Waals surface area contributed by atoms with E-state index in [2.05, 4.69) is 0 Å². The van der Waals surface area contributed by atoms with Crippen molar-refractivity contribution in [3.8, 4) is 11.3 Å². The Kier molecular flexibility index (Phi) is 5.65. The molecule has 4 rings (SSSR count). The van der Waals surface area contributed by atoms with Crippen molar-refractivity contribution in [3.63, 3.8) is 0 Å². The number of piperidine rings is 1. The molecule has 5 heteroatoms. The van der Waals surface area contributed by atoms with E-state index in [1.807, 2.05) is 29.2 Å². The van der Waals surface area contributed by atoms with Crippen LogP contribution in [0.25, 0.3) is 11.3 Å². The lowest BCUT2D eigenvalue weighted by Crippen LogP contribution is -2.40. The quantitative estimate of drug-likeness (QED) is 0.628. The Bertz CT molecular complexity index is 1000. The Labute approximate surface area is 169 Å². The van der Waals surface area contributed by atoms with Crippen LogP contribution in [-0.2, 0) is 11.2 Å². The van der Waals surface area contributed by atoms with Crippen molar-refractivity contribution >= 4 is 5.91 Å². The largest absolute Gasteiger partial charge is 0.342 e. The highest BCUT2D eigenvalue weighted by Gasteiger charge is 2.25. The van der Waals surface area contributed by atoms with Gasteiger partial charge in [0.25, 0.3) is 0 Å². The molecule has 0 N–H and O–H groups in total. The molecule has 1 atom stereocenters. The molecule has 3 nitrogen and oxygen atoms in total. The van der Waals surface area contributed by atoms with Crippen molar-refractivity contribution in [2.75, 3.05) is 13.1 Å². The first-order valence-electron chi connectivity index (χ1n) is 9.83. The van der Waals surface area contributed by atoms with Crippen LogP contribution in [0.2, 0.25) is 0 Å². The molecular weight excluding hydrogens is 370 g/mol. The molecule has 2 heterocycles. The van der Waals surface area contributed by atoms with Crippen LogP contribution in [0.5, 0.6) is 0 Å². The second-order valence-corrected chi connectivity index (χ2v) is 7.44. The fourth-order valence-electron chi connectivity index (χ4n) is 3.82. The van der Waals surface area contributed by atoms with E-state index in [1.165, 1.54) is 24.3 Å². The standard InChI is InChI=1S/C24H22F2N2O/c25-20-11-9-17(10-12-20)14-24(29)28-13-3-5-19(16-28)23-8-2-7-22(27-23)18-4-1-6-21(26)15-18/h1-2,4,6-12,15,19H,3,5,13-14,16H2/t19-/m0/s1. The molecule has 0 aliphatic carbocycles. The molecule has 1 fully saturated rings. The van der Waals surface area contributed by atoms with Crippen LogP contribution in [-0.4, -0.2) is 28.9 Å². The molecule has 0 radical (unpaired) electrons. The Morgan fingerprint density at radius 1 is 1.00 bits per heavy atom. The SMILES string of the molecule is O=C(Cc1ccc(F)cc1)N1CCC[C@H](c2cccc(-c3cccc(F)c3)n2)C1. The number of rotatable bonds is 4. The molecule has 1 aliphatic rings. The average molecular weight is 392 g/mol. The van der Waals surface area contributed by atoms with Gasteiger partial charge in [0, 0.05) is 30.3 Å². The van der Waals surface area contributed by atoms with Crippen molar-refractivity contribution in [2.45, 2.75) is 25.2 Å². The minimum Gasteiger partial charge on any atom is -0.342 e. The van der Waals surface area contributed by atoms with Crippen molar-refractivity contribution in [1.82, 2.24) is 9.88 Å². The van der Waals surface area contributed by atoms with Crippen LogP contribution in [0.4, 0.5) is 8.78 Å². The van der Waals surface area contributed by atoms with Gasteiger partial charge in [0.1, 0.15) is 11.6 Å². The summed E-state index contributed by atoms with van der Waals surface area (Å²) in [6.07, 6.45) is 2.13. The molecule has 0 unspecified atom stereocenters. The average Bonchev–Trinajstić information content (AvgIpc) is 2.75. The summed E-state index contributed by atoms with van der Waals surface area (Å²) in [4.78, 5) is 19.3. The van der Waals surface area contributed by atoms with Gasteiger partial charge in [0.15, 0.2) is 0 Å². The lowest BCUT2D eigenvalue weighted by atomic mass is 9.93. The number of halogens is 2. The minimum absolute atomic E-state index is 0.0441. The first-order chi connectivity index (χ1) is 14.1. The van der Waals surface area contributed by atoms with Gasteiger partial charge in [-0.3, -0.25) is 9.78 Å². The van der Waals surface area contributed by atoms with Crippen molar-refractivity contribution in [2.24, 2.45) is 0 Å². The van der Waals surface area contributed by atoms with Crippen LogP contribution in [0, 0.1) is 11.6 Å². The Morgan fingerprint density at radius 2 is 1.79 bits per heavy atom.